The lowest BCUT2D eigenvalue weighted by atomic mass is 9.93. The number of thioether (sulfide) groups is 1. The molecule has 3 N–H and O–H groups in total. The van der Waals surface area contributed by atoms with E-state index in [0.29, 0.717) is 19.4 Å². The van der Waals surface area contributed by atoms with Gasteiger partial charge in [0.25, 0.3) is 0 Å². The van der Waals surface area contributed by atoms with E-state index in [9.17, 15) is 14.7 Å². The van der Waals surface area contributed by atoms with E-state index in [2.05, 4.69) is 16.9 Å². The molecule has 0 aromatic carbocycles. The van der Waals surface area contributed by atoms with Crippen molar-refractivity contribution in [3.63, 3.8) is 0 Å². The van der Waals surface area contributed by atoms with E-state index in [4.69, 9.17) is 0 Å². The highest BCUT2D eigenvalue weighted by molar-refractivity contribution is 7.98. The minimum atomic E-state index is -1.15. The Morgan fingerprint density at radius 3 is 2.20 bits per heavy atom. The number of amides is 2. The van der Waals surface area contributed by atoms with Crippen LogP contribution in [0.15, 0.2) is 0 Å². The molecule has 2 amide bonds. The minimum Gasteiger partial charge on any atom is -0.480 e. The standard InChI is InChI=1S/C14H28N2O3S/c1-4-14(5-2,12(17)18)16-13(19)15-10-8-6-7-9-11-20-3/h4-11H2,1-3H3,(H,17,18)(H2,15,16,19). The average molecular weight is 304 g/mol. The van der Waals surface area contributed by atoms with Crippen LogP contribution in [0, 0.1) is 0 Å². The summed E-state index contributed by atoms with van der Waals surface area (Å²) in [4.78, 5) is 23.0. The molecular weight excluding hydrogens is 276 g/mol. The second kappa shape index (κ2) is 10.8. The summed E-state index contributed by atoms with van der Waals surface area (Å²) in [7, 11) is 0. The normalized spacial score (nSPS) is 11.2. The van der Waals surface area contributed by atoms with E-state index >= 15 is 0 Å². The minimum absolute atomic E-state index is 0.376. The lowest BCUT2D eigenvalue weighted by molar-refractivity contribution is -0.144. The Kier molecular flexibility index (Phi) is 10.3. The predicted octanol–water partition coefficient (Wildman–Crippen LogP) is 2.85. The van der Waals surface area contributed by atoms with Crippen molar-refractivity contribution >= 4 is 23.8 Å². The Labute approximate surface area is 126 Å². The molecule has 6 heteroatoms. The third kappa shape index (κ3) is 7.03. The van der Waals surface area contributed by atoms with Crippen LogP contribution in [-0.2, 0) is 4.79 Å². The van der Waals surface area contributed by atoms with Gasteiger partial charge in [0.2, 0.25) is 0 Å². The topological polar surface area (TPSA) is 78.4 Å². The van der Waals surface area contributed by atoms with Crippen LogP contribution < -0.4 is 10.6 Å². The number of carbonyl (C=O) groups excluding carboxylic acids is 1. The van der Waals surface area contributed by atoms with Gasteiger partial charge in [0.1, 0.15) is 5.54 Å². The number of hydrogen-bond acceptors (Lipinski definition) is 3. The summed E-state index contributed by atoms with van der Waals surface area (Å²) in [5.74, 6) is 0.205. The van der Waals surface area contributed by atoms with Crippen molar-refractivity contribution in [1.82, 2.24) is 10.6 Å². The van der Waals surface area contributed by atoms with Crippen molar-refractivity contribution in [3.05, 3.63) is 0 Å². The van der Waals surface area contributed by atoms with E-state index in [0.717, 1.165) is 12.8 Å². The summed E-state index contributed by atoms with van der Waals surface area (Å²) < 4.78 is 0. The molecule has 0 aliphatic rings. The van der Waals surface area contributed by atoms with Gasteiger partial charge in [-0.15, -0.1) is 0 Å². The first-order valence-electron chi connectivity index (χ1n) is 7.30. The van der Waals surface area contributed by atoms with Crippen molar-refractivity contribution in [2.24, 2.45) is 0 Å². The number of urea groups is 1. The van der Waals surface area contributed by atoms with Gasteiger partial charge in [0.05, 0.1) is 0 Å². The molecule has 0 saturated carbocycles. The first-order valence-corrected chi connectivity index (χ1v) is 8.70. The lowest BCUT2D eigenvalue weighted by Crippen LogP contribution is -2.56. The third-order valence-electron chi connectivity index (χ3n) is 3.53. The van der Waals surface area contributed by atoms with Crippen LogP contribution in [0.2, 0.25) is 0 Å². The second-order valence-electron chi connectivity index (χ2n) is 4.88. The number of carboxylic acid groups (broad SMARTS) is 1. The molecule has 0 atom stereocenters. The number of carboxylic acids is 1. The summed E-state index contributed by atoms with van der Waals surface area (Å²) in [5, 5.41) is 14.5. The third-order valence-corrected chi connectivity index (χ3v) is 4.23. The summed E-state index contributed by atoms with van der Waals surface area (Å²) >= 11 is 1.85. The summed E-state index contributed by atoms with van der Waals surface area (Å²) in [6.07, 6.45) is 7.25. The van der Waals surface area contributed by atoms with Crippen LogP contribution in [0.5, 0.6) is 0 Å². The fourth-order valence-electron chi connectivity index (χ4n) is 1.97. The van der Waals surface area contributed by atoms with Gasteiger partial charge in [0.15, 0.2) is 0 Å². The number of rotatable bonds is 11. The molecular formula is C14H28N2O3S. The summed E-state index contributed by atoms with van der Waals surface area (Å²) in [5.41, 5.74) is -1.15. The quantitative estimate of drug-likeness (QED) is 0.513. The highest BCUT2D eigenvalue weighted by Crippen LogP contribution is 2.15. The van der Waals surface area contributed by atoms with Gasteiger partial charge in [-0.2, -0.15) is 11.8 Å². The molecule has 0 spiro atoms. The Balaban J connectivity index is 3.89. The maximum absolute atomic E-state index is 11.7. The van der Waals surface area contributed by atoms with Crippen LogP contribution in [-0.4, -0.2) is 41.2 Å². The van der Waals surface area contributed by atoms with Gasteiger partial charge in [-0.25, -0.2) is 9.59 Å². The molecule has 0 saturated heterocycles. The highest BCUT2D eigenvalue weighted by Gasteiger charge is 2.36. The molecule has 20 heavy (non-hydrogen) atoms. The molecule has 0 unspecified atom stereocenters. The molecule has 0 aromatic heterocycles. The van der Waals surface area contributed by atoms with E-state index in [1.165, 1.54) is 18.6 Å². The van der Waals surface area contributed by atoms with E-state index in [1.54, 1.807) is 13.8 Å². The molecule has 0 radical (unpaired) electrons. The number of carbonyl (C=O) groups is 2. The molecule has 0 aliphatic carbocycles. The van der Waals surface area contributed by atoms with E-state index < -0.39 is 11.5 Å². The van der Waals surface area contributed by atoms with Crippen LogP contribution >= 0.6 is 11.8 Å². The smallest absolute Gasteiger partial charge is 0.329 e. The first kappa shape index (κ1) is 19.1. The summed E-state index contributed by atoms with van der Waals surface area (Å²) in [6, 6.07) is -0.389. The number of aliphatic carboxylic acids is 1. The predicted molar refractivity (Wildman–Crippen MR) is 84.3 cm³/mol. The Bertz CT molecular complexity index is 294. The maximum Gasteiger partial charge on any atom is 0.329 e. The molecule has 0 fully saturated rings. The highest BCUT2D eigenvalue weighted by atomic mass is 32.2. The van der Waals surface area contributed by atoms with Crippen molar-refractivity contribution in [2.45, 2.75) is 57.9 Å². The van der Waals surface area contributed by atoms with Gasteiger partial charge in [-0.05, 0) is 37.7 Å². The van der Waals surface area contributed by atoms with E-state index in [1.807, 2.05) is 11.8 Å². The zero-order chi connectivity index (χ0) is 15.4. The van der Waals surface area contributed by atoms with Gasteiger partial charge >= 0.3 is 12.0 Å². The molecule has 0 bridgehead atoms. The molecule has 0 aliphatic heterocycles. The molecule has 0 aromatic rings. The monoisotopic (exact) mass is 304 g/mol. The van der Waals surface area contributed by atoms with Crippen molar-refractivity contribution in [3.8, 4) is 0 Å². The Morgan fingerprint density at radius 2 is 1.70 bits per heavy atom. The second-order valence-corrected chi connectivity index (χ2v) is 5.87. The lowest BCUT2D eigenvalue weighted by Gasteiger charge is -2.28. The molecule has 0 heterocycles. The maximum atomic E-state index is 11.7. The van der Waals surface area contributed by atoms with Gasteiger partial charge < -0.3 is 15.7 Å². The summed E-state index contributed by atoms with van der Waals surface area (Å²) in [6.45, 7) is 4.13. The van der Waals surface area contributed by atoms with Crippen LogP contribution in [0.25, 0.3) is 0 Å². The van der Waals surface area contributed by atoms with Crippen molar-refractivity contribution in [2.75, 3.05) is 18.6 Å². The first-order chi connectivity index (χ1) is 9.52. The van der Waals surface area contributed by atoms with Crippen LogP contribution in [0.3, 0.4) is 0 Å². The zero-order valence-electron chi connectivity index (χ0n) is 12.8. The molecule has 0 rings (SSSR count). The average Bonchev–Trinajstić information content (AvgIpc) is 2.43. The van der Waals surface area contributed by atoms with Crippen molar-refractivity contribution < 1.29 is 14.7 Å². The molecule has 118 valence electrons. The largest absolute Gasteiger partial charge is 0.480 e. The van der Waals surface area contributed by atoms with Crippen LogP contribution in [0.1, 0.15) is 52.4 Å². The van der Waals surface area contributed by atoms with Crippen molar-refractivity contribution in [1.29, 1.82) is 0 Å². The van der Waals surface area contributed by atoms with E-state index in [-0.39, 0.29) is 6.03 Å². The molecule has 5 nitrogen and oxygen atoms in total. The zero-order valence-corrected chi connectivity index (χ0v) is 13.6. The van der Waals surface area contributed by atoms with Crippen LogP contribution in [0.4, 0.5) is 4.79 Å². The number of nitrogens with one attached hydrogen (secondary N) is 2. The van der Waals surface area contributed by atoms with Gasteiger partial charge in [-0.3, -0.25) is 0 Å². The number of hydrogen-bond donors (Lipinski definition) is 3. The SMILES string of the molecule is CCC(CC)(NC(=O)NCCCCCCSC)C(=O)O. The Hall–Kier alpha value is -0.910. The fourth-order valence-corrected chi connectivity index (χ4v) is 2.46. The fraction of sp³-hybridized carbons (Fsp3) is 0.857. The van der Waals surface area contributed by atoms with Gasteiger partial charge in [-0.1, -0.05) is 26.7 Å². The number of unbranched alkanes of at least 4 members (excludes halogenated alkanes) is 3. The van der Waals surface area contributed by atoms with Gasteiger partial charge in [0, 0.05) is 6.54 Å². The Morgan fingerprint density at radius 1 is 1.10 bits per heavy atom.